The zero-order valence-electron chi connectivity index (χ0n) is 14.2. The molecule has 0 heterocycles. The van der Waals surface area contributed by atoms with Crippen molar-refractivity contribution in [1.29, 1.82) is 0 Å². The van der Waals surface area contributed by atoms with Gasteiger partial charge in [-0.1, -0.05) is 32.9 Å². The van der Waals surface area contributed by atoms with E-state index in [1.165, 1.54) is 12.5 Å². The van der Waals surface area contributed by atoms with Crippen LogP contribution in [0.2, 0.25) is 0 Å². The molecule has 1 N–H and O–H groups in total. The average Bonchev–Trinajstić information content (AvgIpc) is 2.42. The molecule has 0 bridgehead atoms. The molecule has 0 aliphatic rings. The van der Waals surface area contributed by atoms with Gasteiger partial charge in [0.05, 0.1) is 0 Å². The van der Waals surface area contributed by atoms with Gasteiger partial charge in [-0.3, -0.25) is 0 Å². The van der Waals surface area contributed by atoms with Crippen molar-refractivity contribution < 1.29 is 4.39 Å². The second-order valence-electron chi connectivity index (χ2n) is 6.41. The molecule has 0 fully saturated rings. The minimum absolute atomic E-state index is 0.156. The van der Waals surface area contributed by atoms with Gasteiger partial charge in [0.2, 0.25) is 0 Å². The average molecular weight is 294 g/mol. The molecule has 21 heavy (non-hydrogen) atoms. The molecule has 0 saturated heterocycles. The van der Waals surface area contributed by atoms with E-state index in [-0.39, 0.29) is 11.9 Å². The summed E-state index contributed by atoms with van der Waals surface area (Å²) >= 11 is 0. The van der Waals surface area contributed by atoms with Gasteiger partial charge in [0, 0.05) is 12.1 Å². The third-order valence-corrected chi connectivity index (χ3v) is 4.04. The molecule has 1 rings (SSSR count). The van der Waals surface area contributed by atoms with Crippen molar-refractivity contribution in [3.8, 4) is 0 Å². The molecule has 0 aliphatic heterocycles. The summed E-state index contributed by atoms with van der Waals surface area (Å²) in [5.74, 6) is 0.562. The van der Waals surface area contributed by atoms with E-state index in [1.807, 2.05) is 6.07 Å². The van der Waals surface area contributed by atoms with E-state index in [2.05, 4.69) is 45.0 Å². The van der Waals surface area contributed by atoms with Gasteiger partial charge >= 0.3 is 0 Å². The van der Waals surface area contributed by atoms with Crippen LogP contribution in [0.4, 0.5) is 4.39 Å². The van der Waals surface area contributed by atoms with Gasteiger partial charge in [0.1, 0.15) is 5.82 Å². The summed E-state index contributed by atoms with van der Waals surface area (Å²) in [6.45, 7) is 10.8. The molecule has 3 heteroatoms. The first-order chi connectivity index (χ1) is 9.93. The predicted molar refractivity (Wildman–Crippen MR) is 89.0 cm³/mol. The van der Waals surface area contributed by atoms with Gasteiger partial charge < -0.3 is 10.2 Å². The number of hydrogen-bond acceptors (Lipinski definition) is 2. The Morgan fingerprint density at radius 1 is 1.24 bits per heavy atom. The molecule has 2 atom stereocenters. The van der Waals surface area contributed by atoms with E-state index in [4.69, 9.17) is 0 Å². The van der Waals surface area contributed by atoms with Crippen LogP contribution in [0.1, 0.15) is 52.1 Å². The number of nitrogens with zero attached hydrogens (tertiary/aromatic N) is 1. The Morgan fingerprint density at radius 3 is 2.52 bits per heavy atom. The first-order valence-corrected chi connectivity index (χ1v) is 8.13. The minimum atomic E-state index is -0.156. The van der Waals surface area contributed by atoms with Gasteiger partial charge in [-0.2, -0.15) is 0 Å². The second-order valence-corrected chi connectivity index (χ2v) is 6.41. The predicted octanol–water partition coefficient (Wildman–Crippen LogP) is 4.23. The standard InChI is InChI=1S/C18H31FN2/c1-6-20-18(16-8-7-9-17(19)13-16)10-11-21(5)15(4)12-14(2)3/h7-9,13-15,18,20H,6,10-12H2,1-5H3. The molecule has 0 spiro atoms. The lowest BCUT2D eigenvalue weighted by Crippen LogP contribution is -2.33. The zero-order chi connectivity index (χ0) is 15.8. The van der Waals surface area contributed by atoms with E-state index < -0.39 is 0 Å². The van der Waals surface area contributed by atoms with Crippen molar-refractivity contribution in [2.24, 2.45) is 5.92 Å². The van der Waals surface area contributed by atoms with Crippen molar-refractivity contribution in [3.63, 3.8) is 0 Å². The lowest BCUT2D eigenvalue weighted by molar-refractivity contribution is 0.217. The molecule has 0 amide bonds. The highest BCUT2D eigenvalue weighted by molar-refractivity contribution is 5.20. The monoisotopic (exact) mass is 294 g/mol. The highest BCUT2D eigenvalue weighted by Gasteiger charge is 2.15. The summed E-state index contributed by atoms with van der Waals surface area (Å²) in [7, 11) is 2.18. The van der Waals surface area contributed by atoms with Crippen molar-refractivity contribution in [1.82, 2.24) is 10.2 Å². The van der Waals surface area contributed by atoms with Crippen LogP contribution >= 0.6 is 0 Å². The molecular weight excluding hydrogens is 263 g/mol. The van der Waals surface area contributed by atoms with E-state index >= 15 is 0 Å². The quantitative estimate of drug-likeness (QED) is 0.733. The Labute approximate surface area is 129 Å². The molecule has 1 aromatic rings. The summed E-state index contributed by atoms with van der Waals surface area (Å²) < 4.78 is 13.4. The maximum Gasteiger partial charge on any atom is 0.123 e. The van der Waals surface area contributed by atoms with E-state index in [9.17, 15) is 4.39 Å². The fourth-order valence-corrected chi connectivity index (χ4v) is 2.77. The van der Waals surface area contributed by atoms with Crippen molar-refractivity contribution in [2.75, 3.05) is 20.1 Å². The van der Waals surface area contributed by atoms with Crippen LogP contribution in [0.15, 0.2) is 24.3 Å². The Bertz CT molecular complexity index is 406. The third-order valence-electron chi connectivity index (χ3n) is 4.04. The van der Waals surface area contributed by atoms with Gasteiger partial charge in [-0.05, 0) is 63.5 Å². The summed E-state index contributed by atoms with van der Waals surface area (Å²) in [5, 5.41) is 3.47. The highest BCUT2D eigenvalue weighted by Crippen LogP contribution is 2.19. The summed E-state index contributed by atoms with van der Waals surface area (Å²) in [6.07, 6.45) is 2.21. The Kier molecular flexibility index (Phi) is 7.91. The number of hydrogen-bond donors (Lipinski definition) is 1. The molecule has 2 nitrogen and oxygen atoms in total. The van der Waals surface area contributed by atoms with Gasteiger partial charge in [0.15, 0.2) is 0 Å². The van der Waals surface area contributed by atoms with Gasteiger partial charge in [-0.25, -0.2) is 4.39 Å². The topological polar surface area (TPSA) is 15.3 Å². The second kappa shape index (κ2) is 9.16. The van der Waals surface area contributed by atoms with Crippen molar-refractivity contribution >= 4 is 0 Å². The summed E-state index contributed by atoms with van der Waals surface area (Å²) in [6, 6.07) is 7.75. The summed E-state index contributed by atoms with van der Waals surface area (Å²) in [5.41, 5.74) is 1.04. The fraction of sp³-hybridized carbons (Fsp3) is 0.667. The lowest BCUT2D eigenvalue weighted by atomic mass is 10.0. The maximum atomic E-state index is 13.4. The molecule has 120 valence electrons. The molecule has 0 aliphatic carbocycles. The van der Waals surface area contributed by atoms with E-state index in [0.29, 0.717) is 6.04 Å². The van der Waals surface area contributed by atoms with E-state index in [1.54, 1.807) is 12.1 Å². The number of nitrogens with one attached hydrogen (secondary N) is 1. The van der Waals surface area contributed by atoms with Gasteiger partial charge in [-0.15, -0.1) is 0 Å². The third kappa shape index (κ3) is 6.58. The summed E-state index contributed by atoms with van der Waals surface area (Å²) in [4.78, 5) is 2.41. The fourth-order valence-electron chi connectivity index (χ4n) is 2.77. The largest absolute Gasteiger partial charge is 0.310 e. The van der Waals surface area contributed by atoms with Crippen LogP contribution in [-0.4, -0.2) is 31.1 Å². The Balaban J connectivity index is 2.59. The Hall–Kier alpha value is -0.930. The van der Waals surface area contributed by atoms with Crippen LogP contribution in [-0.2, 0) is 0 Å². The molecular formula is C18H31FN2. The van der Waals surface area contributed by atoms with Gasteiger partial charge in [0.25, 0.3) is 0 Å². The van der Waals surface area contributed by atoms with Crippen LogP contribution in [0.3, 0.4) is 0 Å². The number of rotatable bonds is 9. The molecule has 2 unspecified atom stereocenters. The number of benzene rings is 1. The molecule has 0 aromatic heterocycles. The van der Waals surface area contributed by atoms with Crippen LogP contribution < -0.4 is 5.32 Å². The SMILES string of the molecule is CCNC(CCN(C)C(C)CC(C)C)c1cccc(F)c1. The van der Waals surface area contributed by atoms with Crippen LogP contribution in [0, 0.1) is 11.7 Å². The van der Waals surface area contributed by atoms with E-state index in [0.717, 1.165) is 31.0 Å². The molecule has 0 saturated carbocycles. The van der Waals surface area contributed by atoms with Crippen LogP contribution in [0.25, 0.3) is 0 Å². The normalized spacial score (nSPS) is 14.7. The Morgan fingerprint density at radius 2 is 1.95 bits per heavy atom. The minimum Gasteiger partial charge on any atom is -0.310 e. The van der Waals surface area contributed by atoms with Crippen molar-refractivity contribution in [3.05, 3.63) is 35.6 Å². The lowest BCUT2D eigenvalue weighted by Gasteiger charge is -2.28. The maximum absolute atomic E-state index is 13.4. The van der Waals surface area contributed by atoms with Crippen LogP contribution in [0.5, 0.6) is 0 Å². The molecule has 0 radical (unpaired) electrons. The first kappa shape index (κ1) is 18.1. The van der Waals surface area contributed by atoms with Crippen molar-refractivity contribution in [2.45, 2.75) is 52.6 Å². The number of halogens is 1. The molecule has 1 aromatic carbocycles. The smallest absolute Gasteiger partial charge is 0.123 e. The highest BCUT2D eigenvalue weighted by atomic mass is 19.1. The zero-order valence-corrected chi connectivity index (χ0v) is 14.2. The first-order valence-electron chi connectivity index (χ1n) is 8.13.